The molecular formula is C13H22N2O3. The van der Waals surface area contributed by atoms with Crippen LogP contribution in [-0.2, 0) is 14.3 Å². The van der Waals surface area contributed by atoms with Gasteiger partial charge in [-0.05, 0) is 25.7 Å². The van der Waals surface area contributed by atoms with Crippen molar-refractivity contribution in [1.82, 2.24) is 10.2 Å². The van der Waals surface area contributed by atoms with Gasteiger partial charge in [-0.3, -0.25) is 4.79 Å². The minimum Gasteiger partial charge on any atom is -0.467 e. The lowest BCUT2D eigenvalue weighted by Gasteiger charge is -2.23. The summed E-state index contributed by atoms with van der Waals surface area (Å²) < 4.78 is 4.74. The second-order valence-corrected chi connectivity index (χ2v) is 5.13. The monoisotopic (exact) mass is 254 g/mol. The fourth-order valence-corrected chi connectivity index (χ4v) is 2.91. The quantitative estimate of drug-likeness (QED) is 0.750. The molecule has 1 amide bonds. The van der Waals surface area contributed by atoms with E-state index in [4.69, 9.17) is 4.74 Å². The summed E-state index contributed by atoms with van der Waals surface area (Å²) in [6, 6.07) is 0.112. The highest BCUT2D eigenvalue weighted by molar-refractivity contribution is 5.86. The first-order valence-electron chi connectivity index (χ1n) is 6.83. The highest BCUT2D eigenvalue weighted by atomic mass is 16.5. The lowest BCUT2D eigenvalue weighted by molar-refractivity contribution is -0.150. The van der Waals surface area contributed by atoms with E-state index in [2.05, 4.69) is 5.32 Å². The van der Waals surface area contributed by atoms with E-state index in [9.17, 15) is 9.59 Å². The van der Waals surface area contributed by atoms with Crippen LogP contribution in [0.2, 0.25) is 0 Å². The molecule has 0 aromatic carbocycles. The fraction of sp³-hybridized carbons (Fsp3) is 0.846. The first-order chi connectivity index (χ1) is 8.72. The third kappa shape index (κ3) is 3.02. The number of hydrogen-bond acceptors (Lipinski definition) is 4. The van der Waals surface area contributed by atoms with Crippen molar-refractivity contribution in [2.75, 3.05) is 20.2 Å². The molecule has 1 aliphatic carbocycles. The number of esters is 1. The van der Waals surface area contributed by atoms with Crippen LogP contribution >= 0.6 is 0 Å². The second-order valence-electron chi connectivity index (χ2n) is 5.13. The summed E-state index contributed by atoms with van der Waals surface area (Å²) in [4.78, 5) is 25.3. The maximum absolute atomic E-state index is 12.1. The molecule has 1 saturated heterocycles. The van der Waals surface area contributed by atoms with Gasteiger partial charge in [-0.1, -0.05) is 12.8 Å². The van der Waals surface area contributed by atoms with Crippen LogP contribution in [0.4, 0.5) is 0 Å². The summed E-state index contributed by atoms with van der Waals surface area (Å²) >= 11 is 0. The Labute approximate surface area is 108 Å². The van der Waals surface area contributed by atoms with Gasteiger partial charge in [0, 0.05) is 12.6 Å². The van der Waals surface area contributed by atoms with Crippen molar-refractivity contribution < 1.29 is 14.3 Å². The Morgan fingerprint density at radius 2 is 1.94 bits per heavy atom. The number of hydrogen-bond donors (Lipinski definition) is 1. The normalized spacial score (nSPS) is 24.5. The van der Waals surface area contributed by atoms with Gasteiger partial charge in [0.25, 0.3) is 0 Å². The Morgan fingerprint density at radius 1 is 1.22 bits per heavy atom. The fourth-order valence-electron chi connectivity index (χ4n) is 2.91. The summed E-state index contributed by atoms with van der Waals surface area (Å²) in [5, 5.41) is 3.29. The molecule has 0 radical (unpaired) electrons. The minimum atomic E-state index is -0.368. The Balaban J connectivity index is 1.81. The van der Waals surface area contributed by atoms with Gasteiger partial charge in [0.05, 0.1) is 13.7 Å². The second kappa shape index (κ2) is 6.18. The largest absolute Gasteiger partial charge is 0.467 e. The van der Waals surface area contributed by atoms with Crippen molar-refractivity contribution in [3.05, 3.63) is 0 Å². The third-order valence-electron chi connectivity index (χ3n) is 3.94. The summed E-state index contributed by atoms with van der Waals surface area (Å²) in [5.74, 6) is -0.267. The summed E-state index contributed by atoms with van der Waals surface area (Å²) in [7, 11) is 1.38. The summed E-state index contributed by atoms with van der Waals surface area (Å²) in [6.07, 6.45) is 6.43. The molecule has 1 atom stereocenters. The first-order valence-corrected chi connectivity index (χ1v) is 6.83. The lowest BCUT2D eigenvalue weighted by atomic mass is 10.2. The molecule has 0 aromatic heterocycles. The Morgan fingerprint density at radius 3 is 2.61 bits per heavy atom. The van der Waals surface area contributed by atoms with Crippen molar-refractivity contribution in [3.63, 3.8) is 0 Å². The highest BCUT2D eigenvalue weighted by Crippen LogP contribution is 2.20. The zero-order valence-corrected chi connectivity index (χ0v) is 11.0. The number of amides is 1. The van der Waals surface area contributed by atoms with Crippen LogP contribution in [-0.4, -0.2) is 49.1 Å². The van der Waals surface area contributed by atoms with Gasteiger partial charge in [-0.15, -0.1) is 0 Å². The van der Waals surface area contributed by atoms with Crippen molar-refractivity contribution in [1.29, 1.82) is 0 Å². The lowest BCUT2D eigenvalue weighted by Crippen LogP contribution is -2.46. The number of ether oxygens (including phenoxy) is 1. The van der Waals surface area contributed by atoms with Crippen LogP contribution in [0.1, 0.15) is 38.5 Å². The zero-order valence-electron chi connectivity index (χ0n) is 11.0. The van der Waals surface area contributed by atoms with Gasteiger partial charge in [0.1, 0.15) is 6.04 Å². The number of carbonyl (C=O) groups is 2. The van der Waals surface area contributed by atoms with Crippen molar-refractivity contribution in [3.8, 4) is 0 Å². The molecule has 102 valence electrons. The Bertz CT molecular complexity index is 313. The van der Waals surface area contributed by atoms with E-state index in [1.807, 2.05) is 0 Å². The summed E-state index contributed by atoms with van der Waals surface area (Å²) in [6.45, 7) is 1.02. The SMILES string of the molecule is COC(=O)C1CCCN1C(=O)CNC1CCCC1. The Hall–Kier alpha value is -1.10. The number of methoxy groups -OCH3 is 1. The van der Waals surface area contributed by atoms with E-state index < -0.39 is 0 Å². The smallest absolute Gasteiger partial charge is 0.328 e. The molecule has 1 saturated carbocycles. The zero-order chi connectivity index (χ0) is 13.0. The van der Waals surface area contributed by atoms with Crippen LogP contribution in [0.3, 0.4) is 0 Å². The van der Waals surface area contributed by atoms with Gasteiger partial charge < -0.3 is 15.0 Å². The van der Waals surface area contributed by atoms with Gasteiger partial charge in [0.15, 0.2) is 0 Å². The van der Waals surface area contributed by atoms with E-state index in [-0.39, 0.29) is 17.9 Å². The molecule has 1 N–H and O–H groups in total. The molecule has 18 heavy (non-hydrogen) atoms. The molecule has 0 spiro atoms. The van der Waals surface area contributed by atoms with Crippen molar-refractivity contribution in [2.45, 2.75) is 50.6 Å². The van der Waals surface area contributed by atoms with Crippen LogP contribution in [0.25, 0.3) is 0 Å². The average Bonchev–Trinajstić information content (AvgIpc) is 3.05. The Kier molecular flexibility index (Phi) is 4.58. The molecule has 5 heteroatoms. The standard InChI is InChI=1S/C13H22N2O3/c1-18-13(17)11-7-4-8-15(11)12(16)9-14-10-5-2-3-6-10/h10-11,14H,2-9H2,1H3. The van der Waals surface area contributed by atoms with Crippen molar-refractivity contribution >= 4 is 11.9 Å². The number of rotatable bonds is 4. The molecule has 2 fully saturated rings. The van der Waals surface area contributed by atoms with E-state index >= 15 is 0 Å². The van der Waals surface area contributed by atoms with Gasteiger partial charge >= 0.3 is 5.97 Å². The number of nitrogens with zero attached hydrogens (tertiary/aromatic N) is 1. The molecule has 5 nitrogen and oxygen atoms in total. The van der Waals surface area contributed by atoms with Gasteiger partial charge in [-0.2, -0.15) is 0 Å². The molecule has 1 aliphatic heterocycles. The predicted octanol–water partition coefficient (Wildman–Crippen LogP) is 0.683. The first kappa shape index (κ1) is 13.3. The molecule has 1 unspecified atom stereocenters. The molecule has 2 aliphatic rings. The maximum atomic E-state index is 12.1. The van der Waals surface area contributed by atoms with Crippen LogP contribution in [0.15, 0.2) is 0 Å². The average molecular weight is 254 g/mol. The highest BCUT2D eigenvalue weighted by Gasteiger charge is 2.34. The number of carbonyl (C=O) groups excluding carboxylic acids is 2. The minimum absolute atomic E-state index is 0.0230. The molecule has 1 heterocycles. The van der Waals surface area contributed by atoms with E-state index in [1.54, 1.807) is 4.90 Å². The van der Waals surface area contributed by atoms with Gasteiger partial charge in [-0.25, -0.2) is 4.79 Å². The predicted molar refractivity (Wildman–Crippen MR) is 67.0 cm³/mol. The number of likely N-dealkylation sites (tertiary alicyclic amines) is 1. The summed E-state index contributed by atoms with van der Waals surface area (Å²) in [5.41, 5.74) is 0. The van der Waals surface area contributed by atoms with Crippen LogP contribution < -0.4 is 5.32 Å². The van der Waals surface area contributed by atoms with E-state index in [0.29, 0.717) is 19.1 Å². The molecular weight excluding hydrogens is 232 g/mol. The molecule has 0 bridgehead atoms. The third-order valence-corrected chi connectivity index (χ3v) is 3.94. The molecule has 2 rings (SSSR count). The number of nitrogens with one attached hydrogen (secondary N) is 1. The topological polar surface area (TPSA) is 58.6 Å². The van der Waals surface area contributed by atoms with Gasteiger partial charge in [0.2, 0.25) is 5.91 Å². The molecule has 0 aromatic rings. The van der Waals surface area contributed by atoms with E-state index in [1.165, 1.54) is 20.0 Å². The van der Waals surface area contributed by atoms with Crippen LogP contribution in [0.5, 0.6) is 0 Å². The van der Waals surface area contributed by atoms with E-state index in [0.717, 1.165) is 25.7 Å². The maximum Gasteiger partial charge on any atom is 0.328 e. The van der Waals surface area contributed by atoms with Crippen LogP contribution in [0, 0.1) is 0 Å². The van der Waals surface area contributed by atoms with Crippen molar-refractivity contribution in [2.24, 2.45) is 0 Å².